The molecule has 0 amide bonds. The van der Waals surface area contributed by atoms with Gasteiger partial charge in [0, 0.05) is 6.61 Å². The molecule has 0 heterocycles. The number of halogens is 1. The van der Waals surface area contributed by atoms with Crippen molar-refractivity contribution >= 4 is 0 Å². The summed E-state index contributed by atoms with van der Waals surface area (Å²) < 4.78 is 18.3. The molecule has 0 fully saturated rings. The molecule has 0 aliphatic carbocycles. The summed E-state index contributed by atoms with van der Waals surface area (Å²) in [6, 6.07) is 4.97. The zero-order chi connectivity index (χ0) is 11.3. The Hall–Kier alpha value is -0.930. The normalized spacial score (nSPS) is 12.8. The Labute approximate surface area is 90.4 Å². The van der Waals surface area contributed by atoms with Gasteiger partial charge in [0.15, 0.2) is 0 Å². The number of nitrogens with one attached hydrogen (secondary N) is 1. The summed E-state index contributed by atoms with van der Waals surface area (Å²) >= 11 is 0. The Morgan fingerprint density at radius 1 is 1.47 bits per heavy atom. The molecule has 1 atom stereocenters. The maximum absolute atomic E-state index is 12.9. The fraction of sp³-hybridized carbons (Fsp3) is 0.500. The highest BCUT2D eigenvalue weighted by atomic mass is 19.1. The van der Waals surface area contributed by atoms with Gasteiger partial charge in [-0.05, 0) is 44.2 Å². The van der Waals surface area contributed by atoms with Gasteiger partial charge in [-0.2, -0.15) is 0 Å². The van der Waals surface area contributed by atoms with Crippen molar-refractivity contribution in [3.63, 3.8) is 0 Å². The van der Waals surface area contributed by atoms with Crippen molar-refractivity contribution in [3.05, 3.63) is 35.1 Å². The molecule has 1 unspecified atom stereocenters. The highest BCUT2D eigenvalue weighted by Gasteiger charge is 2.11. The summed E-state index contributed by atoms with van der Waals surface area (Å²) in [5.41, 5.74) is 2.04. The second-order valence-corrected chi connectivity index (χ2v) is 3.50. The molecule has 1 N–H and O–H groups in total. The summed E-state index contributed by atoms with van der Waals surface area (Å²) in [4.78, 5) is 0. The average molecular weight is 211 g/mol. The lowest BCUT2D eigenvalue weighted by atomic mass is 10.0. The Kier molecular flexibility index (Phi) is 4.72. The molecule has 0 aliphatic heterocycles. The topological polar surface area (TPSA) is 21.3 Å². The van der Waals surface area contributed by atoms with Gasteiger partial charge in [-0.1, -0.05) is 6.07 Å². The molecule has 0 saturated heterocycles. The molecule has 0 aliphatic rings. The molecule has 15 heavy (non-hydrogen) atoms. The van der Waals surface area contributed by atoms with Gasteiger partial charge in [0.25, 0.3) is 0 Å². The van der Waals surface area contributed by atoms with Gasteiger partial charge in [0.05, 0.1) is 12.6 Å². The molecule has 1 aromatic carbocycles. The van der Waals surface area contributed by atoms with E-state index in [9.17, 15) is 4.39 Å². The van der Waals surface area contributed by atoms with E-state index in [1.807, 2.05) is 27.0 Å². The average Bonchev–Trinajstić information content (AvgIpc) is 2.21. The van der Waals surface area contributed by atoms with Crippen molar-refractivity contribution in [1.29, 1.82) is 0 Å². The zero-order valence-corrected chi connectivity index (χ0v) is 9.51. The van der Waals surface area contributed by atoms with Gasteiger partial charge in [-0.15, -0.1) is 0 Å². The fourth-order valence-electron chi connectivity index (χ4n) is 1.59. The summed E-state index contributed by atoms with van der Waals surface area (Å²) in [6.07, 6.45) is 0. The van der Waals surface area contributed by atoms with Crippen LogP contribution in [0, 0.1) is 12.7 Å². The first-order chi connectivity index (χ1) is 7.19. The molecule has 1 rings (SSSR count). The Morgan fingerprint density at radius 3 is 2.73 bits per heavy atom. The third-order valence-corrected chi connectivity index (χ3v) is 2.44. The maximum atomic E-state index is 12.9. The molecule has 0 saturated carbocycles. The standard InChI is InChI=1S/C12H18FNO/c1-4-15-8-12(14-3)11-6-5-10(13)7-9(11)2/h5-7,12,14H,4,8H2,1-3H3. The highest BCUT2D eigenvalue weighted by molar-refractivity contribution is 5.29. The van der Waals surface area contributed by atoms with Gasteiger partial charge in [0.1, 0.15) is 5.82 Å². The number of hydrogen-bond donors (Lipinski definition) is 1. The lowest BCUT2D eigenvalue weighted by Crippen LogP contribution is -2.22. The van der Waals surface area contributed by atoms with Crippen molar-refractivity contribution in [2.24, 2.45) is 0 Å². The molecular weight excluding hydrogens is 193 g/mol. The highest BCUT2D eigenvalue weighted by Crippen LogP contribution is 2.18. The summed E-state index contributed by atoms with van der Waals surface area (Å²) in [5, 5.41) is 3.17. The minimum absolute atomic E-state index is 0.130. The summed E-state index contributed by atoms with van der Waals surface area (Å²) in [5.74, 6) is -0.192. The van der Waals surface area contributed by atoms with Crippen molar-refractivity contribution in [1.82, 2.24) is 5.32 Å². The smallest absolute Gasteiger partial charge is 0.123 e. The summed E-state index contributed by atoms with van der Waals surface area (Å²) in [6.45, 7) is 5.18. The van der Waals surface area contributed by atoms with Gasteiger partial charge in [-0.25, -0.2) is 4.39 Å². The summed E-state index contributed by atoms with van der Waals surface area (Å²) in [7, 11) is 1.88. The van der Waals surface area contributed by atoms with Crippen LogP contribution in [0.25, 0.3) is 0 Å². The first kappa shape index (κ1) is 12.1. The minimum atomic E-state index is -0.192. The number of hydrogen-bond acceptors (Lipinski definition) is 2. The van der Waals surface area contributed by atoms with Gasteiger partial charge in [-0.3, -0.25) is 0 Å². The van der Waals surface area contributed by atoms with Crippen LogP contribution < -0.4 is 5.32 Å². The van der Waals surface area contributed by atoms with Crippen LogP contribution in [0.3, 0.4) is 0 Å². The van der Waals surface area contributed by atoms with Crippen molar-refractivity contribution < 1.29 is 9.13 Å². The molecule has 3 heteroatoms. The van der Waals surface area contributed by atoms with E-state index in [0.717, 1.165) is 11.1 Å². The second kappa shape index (κ2) is 5.83. The Morgan fingerprint density at radius 2 is 2.20 bits per heavy atom. The van der Waals surface area contributed by atoms with Gasteiger partial charge in [0.2, 0.25) is 0 Å². The van der Waals surface area contributed by atoms with E-state index >= 15 is 0 Å². The van der Waals surface area contributed by atoms with E-state index < -0.39 is 0 Å². The van der Waals surface area contributed by atoms with Crippen LogP contribution in [0.15, 0.2) is 18.2 Å². The van der Waals surface area contributed by atoms with Crippen LogP contribution in [-0.2, 0) is 4.74 Å². The monoisotopic (exact) mass is 211 g/mol. The molecule has 1 aromatic rings. The van der Waals surface area contributed by atoms with Gasteiger partial charge >= 0.3 is 0 Å². The predicted molar refractivity (Wildman–Crippen MR) is 59.4 cm³/mol. The fourth-order valence-corrected chi connectivity index (χ4v) is 1.59. The number of aryl methyl sites for hydroxylation is 1. The minimum Gasteiger partial charge on any atom is -0.380 e. The van der Waals surface area contributed by atoms with Gasteiger partial charge < -0.3 is 10.1 Å². The van der Waals surface area contributed by atoms with E-state index in [4.69, 9.17) is 4.74 Å². The van der Waals surface area contributed by atoms with Crippen molar-refractivity contribution in [2.45, 2.75) is 19.9 Å². The van der Waals surface area contributed by atoms with E-state index in [-0.39, 0.29) is 11.9 Å². The van der Waals surface area contributed by atoms with Crippen molar-refractivity contribution in [3.8, 4) is 0 Å². The van der Waals surface area contributed by atoms with E-state index in [2.05, 4.69) is 5.32 Å². The second-order valence-electron chi connectivity index (χ2n) is 3.50. The lowest BCUT2D eigenvalue weighted by molar-refractivity contribution is 0.125. The first-order valence-electron chi connectivity index (χ1n) is 5.20. The molecule has 0 aromatic heterocycles. The van der Waals surface area contributed by atoms with Crippen LogP contribution in [-0.4, -0.2) is 20.3 Å². The van der Waals surface area contributed by atoms with Crippen LogP contribution in [0.1, 0.15) is 24.1 Å². The Bertz CT molecular complexity index is 314. The molecular formula is C12H18FNO. The first-order valence-corrected chi connectivity index (χ1v) is 5.20. The molecule has 0 spiro atoms. The quantitative estimate of drug-likeness (QED) is 0.807. The van der Waals surface area contributed by atoms with E-state index in [1.165, 1.54) is 6.07 Å². The predicted octanol–water partition coefficient (Wildman–Crippen LogP) is 2.43. The molecule has 84 valence electrons. The number of likely N-dealkylation sites (N-methyl/N-ethyl adjacent to an activating group) is 1. The molecule has 0 radical (unpaired) electrons. The van der Waals surface area contributed by atoms with E-state index in [1.54, 1.807) is 6.07 Å². The largest absolute Gasteiger partial charge is 0.380 e. The number of benzene rings is 1. The molecule has 2 nitrogen and oxygen atoms in total. The Balaban J connectivity index is 2.81. The van der Waals surface area contributed by atoms with Crippen LogP contribution >= 0.6 is 0 Å². The molecule has 0 bridgehead atoms. The zero-order valence-electron chi connectivity index (χ0n) is 9.51. The SMILES string of the molecule is CCOCC(NC)c1ccc(F)cc1C. The third kappa shape index (κ3) is 3.29. The van der Waals surface area contributed by atoms with Crippen LogP contribution in [0.2, 0.25) is 0 Å². The van der Waals surface area contributed by atoms with Crippen molar-refractivity contribution in [2.75, 3.05) is 20.3 Å². The number of rotatable bonds is 5. The third-order valence-electron chi connectivity index (χ3n) is 2.44. The number of ether oxygens (including phenoxy) is 1. The maximum Gasteiger partial charge on any atom is 0.123 e. The van der Waals surface area contributed by atoms with Crippen LogP contribution in [0.5, 0.6) is 0 Å². The van der Waals surface area contributed by atoms with Crippen LogP contribution in [0.4, 0.5) is 4.39 Å². The lowest BCUT2D eigenvalue weighted by Gasteiger charge is -2.18. The van der Waals surface area contributed by atoms with E-state index in [0.29, 0.717) is 13.2 Å².